The molecule has 1 aromatic carbocycles. The summed E-state index contributed by atoms with van der Waals surface area (Å²) >= 11 is 0. The van der Waals surface area contributed by atoms with E-state index in [0.717, 1.165) is 5.56 Å². The van der Waals surface area contributed by atoms with Gasteiger partial charge in [-0.1, -0.05) is 30.3 Å². The molecule has 1 fully saturated rings. The smallest absolute Gasteiger partial charge is 0.407 e. The average Bonchev–Trinajstić information content (AvgIpc) is 2.43. The van der Waals surface area contributed by atoms with Crippen molar-refractivity contribution in [2.45, 2.75) is 43.9 Å². The molecule has 0 bridgehead atoms. The van der Waals surface area contributed by atoms with Crippen molar-refractivity contribution >= 4 is 6.09 Å². The predicted octanol–water partition coefficient (Wildman–Crippen LogP) is 2.46. The van der Waals surface area contributed by atoms with Gasteiger partial charge in [0.25, 0.3) is 5.92 Å². The van der Waals surface area contributed by atoms with Gasteiger partial charge in [0.2, 0.25) is 0 Å². The van der Waals surface area contributed by atoms with Gasteiger partial charge in [0.15, 0.2) is 0 Å². The maximum absolute atomic E-state index is 13.3. The van der Waals surface area contributed by atoms with E-state index in [9.17, 15) is 18.7 Å². The third-order valence-corrected chi connectivity index (χ3v) is 3.36. The molecule has 0 aromatic heterocycles. The van der Waals surface area contributed by atoms with Crippen LogP contribution >= 0.6 is 0 Å². The number of carbonyl (C=O) groups is 1. The number of benzene rings is 1. The van der Waals surface area contributed by atoms with E-state index in [-0.39, 0.29) is 19.4 Å². The van der Waals surface area contributed by atoms with Gasteiger partial charge < -0.3 is 15.2 Å². The molecular formula is C14H17F2NO3. The summed E-state index contributed by atoms with van der Waals surface area (Å²) in [5.74, 6) is -3.16. The summed E-state index contributed by atoms with van der Waals surface area (Å²) < 4.78 is 31.6. The molecule has 6 heteroatoms. The fraction of sp³-hybridized carbons (Fsp3) is 0.500. The standard InChI is InChI=1S/C14H17F2NO3/c15-14(16)8-4-7-11(12(14)18)17-13(19)20-9-10-5-2-1-3-6-10/h1-3,5-6,11-12,18H,4,7-9H2,(H,17,19)/t11-,12+/m0/s1. The van der Waals surface area contributed by atoms with Gasteiger partial charge in [-0.05, 0) is 18.4 Å². The molecule has 0 aliphatic heterocycles. The number of amides is 1. The number of nitrogens with one attached hydrogen (secondary N) is 1. The van der Waals surface area contributed by atoms with Crippen LogP contribution in [-0.2, 0) is 11.3 Å². The van der Waals surface area contributed by atoms with E-state index in [1.807, 2.05) is 18.2 Å². The van der Waals surface area contributed by atoms with Gasteiger partial charge in [-0.25, -0.2) is 13.6 Å². The van der Waals surface area contributed by atoms with Gasteiger partial charge in [-0.15, -0.1) is 0 Å². The van der Waals surface area contributed by atoms with Crippen LogP contribution in [0.1, 0.15) is 24.8 Å². The summed E-state index contributed by atoms with van der Waals surface area (Å²) in [4.78, 5) is 11.6. The van der Waals surface area contributed by atoms with Crippen molar-refractivity contribution in [3.05, 3.63) is 35.9 Å². The summed E-state index contributed by atoms with van der Waals surface area (Å²) in [5, 5.41) is 11.8. The predicted molar refractivity (Wildman–Crippen MR) is 68.4 cm³/mol. The number of rotatable bonds is 3. The number of alkyl halides is 2. The Kier molecular flexibility index (Phi) is 4.54. The van der Waals surface area contributed by atoms with Crippen LogP contribution < -0.4 is 5.32 Å². The Hall–Kier alpha value is -1.69. The molecular weight excluding hydrogens is 268 g/mol. The lowest BCUT2D eigenvalue weighted by molar-refractivity contribution is -0.142. The first-order valence-electron chi connectivity index (χ1n) is 6.52. The van der Waals surface area contributed by atoms with Crippen LogP contribution in [0.25, 0.3) is 0 Å². The molecule has 110 valence electrons. The third kappa shape index (κ3) is 3.66. The second kappa shape index (κ2) is 6.17. The van der Waals surface area contributed by atoms with Crippen molar-refractivity contribution < 1.29 is 23.4 Å². The Morgan fingerprint density at radius 3 is 2.80 bits per heavy atom. The lowest BCUT2D eigenvalue weighted by Crippen LogP contribution is -2.54. The minimum absolute atomic E-state index is 0.0614. The molecule has 0 saturated heterocycles. The number of halogens is 2. The van der Waals surface area contributed by atoms with Crippen molar-refractivity contribution in [3.63, 3.8) is 0 Å². The monoisotopic (exact) mass is 285 g/mol. The number of ether oxygens (including phenoxy) is 1. The summed E-state index contributed by atoms with van der Waals surface area (Å²) in [7, 11) is 0. The highest BCUT2D eigenvalue weighted by Gasteiger charge is 2.46. The van der Waals surface area contributed by atoms with Crippen molar-refractivity contribution in [2.75, 3.05) is 0 Å². The Balaban J connectivity index is 1.82. The quantitative estimate of drug-likeness (QED) is 0.897. The number of aliphatic hydroxyl groups excluding tert-OH is 1. The number of hydrogen-bond donors (Lipinski definition) is 2. The number of hydrogen-bond acceptors (Lipinski definition) is 3. The van der Waals surface area contributed by atoms with Gasteiger partial charge in [-0.3, -0.25) is 0 Å². The summed E-state index contributed by atoms with van der Waals surface area (Å²) in [6, 6.07) is 8.06. The average molecular weight is 285 g/mol. The van der Waals surface area contributed by atoms with Gasteiger partial charge in [-0.2, -0.15) is 0 Å². The first-order valence-corrected chi connectivity index (χ1v) is 6.52. The number of alkyl carbamates (subject to hydrolysis) is 1. The molecule has 0 spiro atoms. The lowest BCUT2D eigenvalue weighted by Gasteiger charge is -2.34. The molecule has 4 nitrogen and oxygen atoms in total. The largest absolute Gasteiger partial charge is 0.445 e. The van der Waals surface area contributed by atoms with E-state index >= 15 is 0 Å². The van der Waals surface area contributed by atoms with Gasteiger partial charge in [0.1, 0.15) is 12.7 Å². The minimum atomic E-state index is -3.16. The summed E-state index contributed by atoms with van der Waals surface area (Å²) in [6.07, 6.45) is -2.44. The topological polar surface area (TPSA) is 58.6 Å². The van der Waals surface area contributed by atoms with Crippen molar-refractivity contribution in [2.24, 2.45) is 0 Å². The van der Waals surface area contributed by atoms with Crippen LogP contribution in [0.15, 0.2) is 30.3 Å². The molecule has 1 aliphatic rings. The highest BCUT2D eigenvalue weighted by atomic mass is 19.3. The molecule has 0 unspecified atom stereocenters. The fourth-order valence-corrected chi connectivity index (χ4v) is 2.23. The lowest BCUT2D eigenvalue weighted by atomic mass is 9.89. The molecule has 2 N–H and O–H groups in total. The maximum Gasteiger partial charge on any atom is 0.407 e. The first-order chi connectivity index (χ1) is 9.49. The van der Waals surface area contributed by atoms with E-state index in [1.165, 1.54) is 0 Å². The van der Waals surface area contributed by atoms with Crippen LogP contribution in [0.2, 0.25) is 0 Å². The van der Waals surface area contributed by atoms with E-state index in [0.29, 0.717) is 6.42 Å². The first kappa shape index (κ1) is 14.7. The maximum atomic E-state index is 13.3. The summed E-state index contributed by atoms with van der Waals surface area (Å²) in [6.45, 7) is 0.0614. The van der Waals surface area contributed by atoms with Crippen molar-refractivity contribution in [3.8, 4) is 0 Å². The molecule has 20 heavy (non-hydrogen) atoms. The van der Waals surface area contributed by atoms with Crippen LogP contribution in [-0.4, -0.2) is 29.3 Å². The minimum Gasteiger partial charge on any atom is -0.445 e. The highest BCUT2D eigenvalue weighted by Crippen LogP contribution is 2.33. The number of aliphatic hydroxyl groups is 1. The Morgan fingerprint density at radius 2 is 2.10 bits per heavy atom. The van der Waals surface area contributed by atoms with Crippen LogP contribution in [0.3, 0.4) is 0 Å². The van der Waals surface area contributed by atoms with Crippen molar-refractivity contribution in [1.82, 2.24) is 5.32 Å². The van der Waals surface area contributed by atoms with Gasteiger partial charge in [0, 0.05) is 6.42 Å². The molecule has 0 heterocycles. The second-order valence-electron chi connectivity index (χ2n) is 4.91. The van der Waals surface area contributed by atoms with E-state index in [1.54, 1.807) is 12.1 Å². The zero-order valence-electron chi connectivity index (χ0n) is 10.9. The zero-order chi connectivity index (χ0) is 14.6. The molecule has 1 aromatic rings. The van der Waals surface area contributed by atoms with Crippen molar-refractivity contribution in [1.29, 1.82) is 0 Å². The van der Waals surface area contributed by atoms with E-state index in [2.05, 4.69) is 5.32 Å². The Morgan fingerprint density at radius 1 is 1.40 bits per heavy atom. The van der Waals surface area contributed by atoms with E-state index in [4.69, 9.17) is 4.74 Å². The molecule has 1 aliphatic carbocycles. The van der Waals surface area contributed by atoms with Gasteiger partial charge >= 0.3 is 6.09 Å². The molecule has 1 amide bonds. The normalized spacial score (nSPS) is 24.9. The van der Waals surface area contributed by atoms with Gasteiger partial charge in [0.05, 0.1) is 6.04 Å². The summed E-state index contributed by atoms with van der Waals surface area (Å²) in [5.41, 5.74) is 0.803. The number of carbonyl (C=O) groups excluding carboxylic acids is 1. The van der Waals surface area contributed by atoms with E-state index < -0.39 is 24.2 Å². The fourth-order valence-electron chi connectivity index (χ4n) is 2.23. The van der Waals surface area contributed by atoms with Crippen LogP contribution in [0.5, 0.6) is 0 Å². The Bertz CT molecular complexity index is 453. The molecule has 2 atom stereocenters. The second-order valence-corrected chi connectivity index (χ2v) is 4.91. The Labute approximate surface area is 115 Å². The zero-order valence-corrected chi connectivity index (χ0v) is 10.9. The molecule has 2 rings (SSSR count). The van der Waals surface area contributed by atoms with Crippen LogP contribution in [0, 0.1) is 0 Å². The molecule has 1 saturated carbocycles. The SMILES string of the molecule is O=C(N[C@H]1CCCC(F)(F)[C@@H]1O)OCc1ccccc1. The third-order valence-electron chi connectivity index (χ3n) is 3.36. The van der Waals surface area contributed by atoms with Crippen LogP contribution in [0.4, 0.5) is 13.6 Å². The highest BCUT2D eigenvalue weighted by molar-refractivity contribution is 5.67. The molecule has 0 radical (unpaired) electrons.